The van der Waals surface area contributed by atoms with Crippen LogP contribution in [0.25, 0.3) is 0 Å². The summed E-state index contributed by atoms with van der Waals surface area (Å²) in [6.07, 6.45) is 109. The maximum atomic E-state index is 12.4. The van der Waals surface area contributed by atoms with E-state index in [-0.39, 0.29) is 25.2 Å². The van der Waals surface area contributed by atoms with Crippen molar-refractivity contribution in [1.82, 2.24) is 0 Å². The Kier molecular flexibility index (Phi) is 73.3. The molecule has 0 saturated heterocycles. The monoisotopic (exact) mass is 1200 g/mol. The minimum Gasteiger partial charge on any atom is -0.462 e. The normalized spacial score (nSPS) is 12.7. The molecular weight excluding hydrogens is 1050 g/mol. The summed E-state index contributed by atoms with van der Waals surface area (Å²) < 4.78 is 10.8. The maximum Gasteiger partial charge on any atom is 0.306 e. The van der Waals surface area contributed by atoms with Gasteiger partial charge in [0.25, 0.3) is 0 Å². The van der Waals surface area contributed by atoms with Crippen molar-refractivity contribution < 1.29 is 24.2 Å². The molecule has 0 heterocycles. The lowest BCUT2D eigenvalue weighted by Crippen LogP contribution is -2.28. The zero-order valence-electron chi connectivity index (χ0n) is 57.3. The molecular formula is C81H144O5. The van der Waals surface area contributed by atoms with E-state index in [0.29, 0.717) is 12.8 Å². The Morgan fingerprint density at radius 3 is 0.767 bits per heavy atom. The van der Waals surface area contributed by atoms with Crippen LogP contribution in [-0.2, 0) is 19.1 Å². The summed E-state index contributed by atoms with van der Waals surface area (Å²) in [5, 5.41) is 9.72. The van der Waals surface area contributed by atoms with E-state index in [4.69, 9.17) is 9.47 Å². The van der Waals surface area contributed by atoms with Crippen molar-refractivity contribution in [1.29, 1.82) is 0 Å². The summed E-state index contributed by atoms with van der Waals surface area (Å²) in [5.41, 5.74) is 0. The average Bonchev–Trinajstić information content (AvgIpc) is 3.55. The molecule has 0 amide bonds. The van der Waals surface area contributed by atoms with Gasteiger partial charge in [0.1, 0.15) is 6.61 Å². The standard InChI is InChI=1S/C81H144O5/c1-3-5-7-9-11-13-15-17-19-21-23-25-27-29-31-33-35-37-38-39-40-41-42-44-45-47-49-51-53-55-57-59-61-63-65-67-69-71-73-75-80(83)85-78-79(77-82)86-81(84)76-74-72-70-68-66-64-62-60-58-56-54-52-50-48-46-43-36-34-32-30-28-26-24-22-20-18-16-14-12-10-8-6-4-2/h6,8,12,14,18,20-21,23-24,26,30,32,36,43,48,50,79,82H,3-5,7,9-11,13,15-17,19,22,25,27-29,31,33-35,37-42,44-47,49,51-78H2,1-2H3/b8-6-,14-12-,20-18-,23-21-,26-24-,32-30-,43-36-,50-48-. The first-order chi connectivity index (χ1) is 42.6. The topological polar surface area (TPSA) is 72.8 Å². The zero-order chi connectivity index (χ0) is 61.9. The molecule has 498 valence electrons. The van der Waals surface area contributed by atoms with Crippen molar-refractivity contribution in [2.45, 2.75) is 392 Å². The summed E-state index contributed by atoms with van der Waals surface area (Å²) in [4.78, 5) is 24.7. The first-order valence-electron chi connectivity index (χ1n) is 37.8. The molecule has 86 heavy (non-hydrogen) atoms. The Morgan fingerprint density at radius 2 is 0.500 bits per heavy atom. The summed E-state index contributed by atoms with van der Waals surface area (Å²) in [6.45, 7) is 4.07. The van der Waals surface area contributed by atoms with E-state index in [2.05, 4.69) is 111 Å². The van der Waals surface area contributed by atoms with Crippen LogP contribution in [0.2, 0.25) is 0 Å². The van der Waals surface area contributed by atoms with Gasteiger partial charge in [-0.2, -0.15) is 0 Å². The third-order valence-electron chi connectivity index (χ3n) is 16.9. The molecule has 0 aromatic heterocycles. The molecule has 0 rings (SSSR count). The number of unbranched alkanes of at least 4 members (excludes halogenated alkanes) is 46. The summed E-state index contributed by atoms with van der Waals surface area (Å²) >= 11 is 0. The van der Waals surface area contributed by atoms with Crippen molar-refractivity contribution in [3.05, 3.63) is 97.2 Å². The number of aliphatic hydroxyl groups excluding tert-OH is 1. The second-order valence-electron chi connectivity index (χ2n) is 25.3. The van der Waals surface area contributed by atoms with Crippen molar-refractivity contribution in [3.63, 3.8) is 0 Å². The number of carbonyl (C=O) groups excluding carboxylic acids is 2. The van der Waals surface area contributed by atoms with Gasteiger partial charge in [-0.05, 0) is 96.3 Å². The first-order valence-corrected chi connectivity index (χ1v) is 37.8. The van der Waals surface area contributed by atoms with Crippen molar-refractivity contribution in [2.24, 2.45) is 0 Å². The van der Waals surface area contributed by atoms with Gasteiger partial charge in [-0.25, -0.2) is 0 Å². The van der Waals surface area contributed by atoms with E-state index >= 15 is 0 Å². The van der Waals surface area contributed by atoms with Crippen LogP contribution < -0.4 is 0 Å². The molecule has 0 aliphatic heterocycles. The van der Waals surface area contributed by atoms with E-state index in [1.54, 1.807) is 0 Å². The van der Waals surface area contributed by atoms with Crippen LogP contribution in [-0.4, -0.2) is 36.4 Å². The molecule has 0 radical (unpaired) electrons. The van der Waals surface area contributed by atoms with Crippen LogP contribution in [0, 0.1) is 0 Å². The fourth-order valence-electron chi connectivity index (χ4n) is 11.2. The van der Waals surface area contributed by atoms with Gasteiger partial charge in [-0.1, -0.05) is 374 Å². The third kappa shape index (κ3) is 73.3. The Bertz CT molecular complexity index is 1600. The molecule has 5 heteroatoms. The largest absolute Gasteiger partial charge is 0.462 e. The molecule has 0 aliphatic carbocycles. The van der Waals surface area contributed by atoms with E-state index in [0.717, 1.165) is 83.5 Å². The number of ether oxygens (including phenoxy) is 2. The van der Waals surface area contributed by atoms with E-state index in [9.17, 15) is 14.7 Å². The molecule has 0 aliphatic rings. The Balaban J connectivity index is 3.43. The van der Waals surface area contributed by atoms with Crippen LogP contribution in [0.5, 0.6) is 0 Å². The van der Waals surface area contributed by atoms with E-state index in [1.807, 2.05) is 0 Å². The smallest absolute Gasteiger partial charge is 0.306 e. The lowest BCUT2D eigenvalue weighted by atomic mass is 10.0. The molecule has 1 unspecified atom stereocenters. The van der Waals surface area contributed by atoms with Crippen molar-refractivity contribution in [2.75, 3.05) is 13.2 Å². The zero-order valence-corrected chi connectivity index (χ0v) is 57.3. The molecule has 0 aromatic rings. The fourth-order valence-corrected chi connectivity index (χ4v) is 11.2. The molecule has 0 spiro atoms. The highest BCUT2D eigenvalue weighted by Gasteiger charge is 2.16. The van der Waals surface area contributed by atoms with Gasteiger partial charge in [0, 0.05) is 12.8 Å². The molecule has 1 atom stereocenters. The number of hydrogen-bond donors (Lipinski definition) is 1. The fraction of sp³-hybridized carbons (Fsp3) is 0.778. The number of allylic oxidation sites excluding steroid dienone is 16. The average molecular weight is 1200 g/mol. The number of hydrogen-bond acceptors (Lipinski definition) is 5. The second kappa shape index (κ2) is 76.1. The number of rotatable bonds is 70. The van der Waals surface area contributed by atoms with Gasteiger partial charge in [0.05, 0.1) is 6.61 Å². The molecule has 1 N–H and O–H groups in total. The Labute approximate surface area is 536 Å². The number of aliphatic hydroxyl groups is 1. The van der Waals surface area contributed by atoms with Gasteiger partial charge < -0.3 is 14.6 Å². The minimum atomic E-state index is -0.779. The van der Waals surface area contributed by atoms with Crippen LogP contribution in [0.15, 0.2) is 97.2 Å². The first kappa shape index (κ1) is 82.8. The number of carbonyl (C=O) groups is 2. The van der Waals surface area contributed by atoms with Crippen molar-refractivity contribution >= 4 is 11.9 Å². The Hall–Kier alpha value is -3.18. The van der Waals surface area contributed by atoms with Gasteiger partial charge in [0.15, 0.2) is 6.10 Å². The maximum absolute atomic E-state index is 12.4. The molecule has 0 bridgehead atoms. The highest BCUT2D eigenvalue weighted by molar-refractivity contribution is 5.70. The summed E-state index contributed by atoms with van der Waals surface area (Å²) in [6, 6.07) is 0. The number of esters is 2. The van der Waals surface area contributed by atoms with E-state index < -0.39 is 6.10 Å². The minimum absolute atomic E-state index is 0.0668. The summed E-state index contributed by atoms with van der Waals surface area (Å²) in [7, 11) is 0. The quantitative estimate of drug-likeness (QED) is 0.0373. The molecule has 0 aromatic carbocycles. The predicted molar refractivity (Wildman–Crippen MR) is 380 cm³/mol. The highest BCUT2D eigenvalue weighted by atomic mass is 16.6. The molecule has 0 saturated carbocycles. The third-order valence-corrected chi connectivity index (χ3v) is 16.9. The van der Waals surface area contributed by atoms with E-state index in [1.165, 1.54) is 276 Å². The molecule has 5 nitrogen and oxygen atoms in total. The van der Waals surface area contributed by atoms with Crippen LogP contribution in [0.1, 0.15) is 386 Å². The molecule has 0 fully saturated rings. The SMILES string of the molecule is CC/C=C\C/C=C\C/C=C\C/C=C\C/C=C\C/C=C\C/C=C\CCCCCCCCCCCCCC(=O)OC(CO)COC(=O)CCCCCCCCCCCCCCCCCCCCCCCCCCCCC/C=C\CCCCCCCCCC. The lowest BCUT2D eigenvalue weighted by Gasteiger charge is -2.15. The summed E-state index contributed by atoms with van der Waals surface area (Å²) in [5.74, 6) is -0.580. The Morgan fingerprint density at radius 1 is 0.279 bits per heavy atom. The predicted octanol–water partition coefficient (Wildman–Crippen LogP) is 26.5. The second-order valence-corrected chi connectivity index (χ2v) is 25.3. The van der Waals surface area contributed by atoms with Crippen molar-refractivity contribution in [3.8, 4) is 0 Å². The van der Waals surface area contributed by atoms with Gasteiger partial charge in [-0.15, -0.1) is 0 Å². The van der Waals surface area contributed by atoms with Gasteiger partial charge in [0.2, 0.25) is 0 Å². The van der Waals surface area contributed by atoms with Gasteiger partial charge >= 0.3 is 11.9 Å². The highest BCUT2D eigenvalue weighted by Crippen LogP contribution is 2.19. The van der Waals surface area contributed by atoms with Crippen LogP contribution >= 0.6 is 0 Å². The van der Waals surface area contributed by atoms with Crippen LogP contribution in [0.3, 0.4) is 0 Å². The van der Waals surface area contributed by atoms with Gasteiger partial charge in [-0.3, -0.25) is 9.59 Å². The van der Waals surface area contributed by atoms with Crippen LogP contribution in [0.4, 0.5) is 0 Å². The lowest BCUT2D eigenvalue weighted by molar-refractivity contribution is -0.161.